The lowest BCUT2D eigenvalue weighted by Crippen LogP contribution is -2.26. The predicted molar refractivity (Wildman–Crippen MR) is 124 cm³/mol. The second kappa shape index (κ2) is 9.23. The number of pyridine rings is 1. The first-order valence-electron chi connectivity index (χ1n) is 10.0. The largest absolute Gasteiger partial charge is 0.493 e. The van der Waals surface area contributed by atoms with Gasteiger partial charge in [0.2, 0.25) is 0 Å². The van der Waals surface area contributed by atoms with E-state index in [2.05, 4.69) is 20.2 Å². The summed E-state index contributed by atoms with van der Waals surface area (Å²) in [5.74, 6) is 0.415. The van der Waals surface area contributed by atoms with Crippen molar-refractivity contribution < 1.29 is 14.6 Å². The maximum atomic E-state index is 13.2. The summed E-state index contributed by atoms with van der Waals surface area (Å²) < 4.78 is 5.78. The standard InChI is InChI=1S/C22H22ClN5O3S/c1-4-31-17-7-13(5-6-15(17)21-26-18(23)11-32-21)22(30)28(3)10-14-8-24-19(12(2)29)16-9-25-27-20(14)16/h5-9,11-12,29H,4,10H2,1-3H3,(H,25,27). The van der Waals surface area contributed by atoms with Crippen LogP contribution < -0.4 is 4.74 Å². The number of aliphatic hydroxyl groups is 1. The number of ether oxygens (including phenoxy) is 1. The number of amides is 1. The number of thiazole rings is 1. The first kappa shape index (κ1) is 22.2. The Morgan fingerprint density at radius 3 is 2.88 bits per heavy atom. The van der Waals surface area contributed by atoms with E-state index in [4.69, 9.17) is 16.3 Å². The Kier molecular flexibility index (Phi) is 6.40. The van der Waals surface area contributed by atoms with Crippen molar-refractivity contribution in [2.45, 2.75) is 26.5 Å². The smallest absolute Gasteiger partial charge is 0.254 e. The lowest BCUT2D eigenvalue weighted by atomic mass is 10.1. The molecule has 1 aromatic carbocycles. The molecule has 0 saturated carbocycles. The van der Waals surface area contributed by atoms with Crippen molar-refractivity contribution in [1.82, 2.24) is 25.1 Å². The van der Waals surface area contributed by atoms with Gasteiger partial charge in [0.15, 0.2) is 0 Å². The molecule has 8 nitrogen and oxygen atoms in total. The number of hydrogen-bond donors (Lipinski definition) is 2. The van der Waals surface area contributed by atoms with E-state index in [1.54, 1.807) is 48.8 Å². The van der Waals surface area contributed by atoms with Crippen molar-refractivity contribution in [3.8, 4) is 16.3 Å². The van der Waals surface area contributed by atoms with E-state index in [1.165, 1.54) is 11.3 Å². The van der Waals surface area contributed by atoms with Crippen LogP contribution in [0.15, 0.2) is 36.0 Å². The third kappa shape index (κ3) is 4.32. The summed E-state index contributed by atoms with van der Waals surface area (Å²) in [6, 6.07) is 5.31. The molecular formula is C22H22ClN5O3S. The SMILES string of the molecule is CCOc1cc(C(=O)N(C)Cc2cnc(C(C)O)c3cn[nH]c23)ccc1-c1nc(Cl)cs1. The number of nitrogens with zero attached hydrogens (tertiary/aromatic N) is 4. The fourth-order valence-electron chi connectivity index (χ4n) is 3.49. The molecule has 1 unspecified atom stereocenters. The molecule has 0 aliphatic carbocycles. The van der Waals surface area contributed by atoms with Crippen LogP contribution in [0.25, 0.3) is 21.5 Å². The van der Waals surface area contributed by atoms with E-state index in [9.17, 15) is 9.90 Å². The minimum Gasteiger partial charge on any atom is -0.493 e. The molecule has 4 rings (SSSR count). The van der Waals surface area contributed by atoms with Crippen LogP contribution in [0.1, 0.15) is 41.6 Å². The highest BCUT2D eigenvalue weighted by atomic mass is 35.5. The number of aromatic amines is 1. The zero-order chi connectivity index (χ0) is 22.8. The summed E-state index contributed by atoms with van der Waals surface area (Å²) in [7, 11) is 1.72. The summed E-state index contributed by atoms with van der Waals surface area (Å²) in [5, 5.41) is 20.6. The van der Waals surface area contributed by atoms with Crippen molar-refractivity contribution in [2.75, 3.05) is 13.7 Å². The van der Waals surface area contributed by atoms with Crippen molar-refractivity contribution in [3.63, 3.8) is 0 Å². The number of rotatable bonds is 7. The number of aliphatic hydroxyl groups excluding tert-OH is 1. The molecule has 0 bridgehead atoms. The molecule has 4 aromatic rings. The average molecular weight is 472 g/mol. The topological polar surface area (TPSA) is 104 Å². The molecule has 0 aliphatic heterocycles. The molecule has 2 N–H and O–H groups in total. The van der Waals surface area contributed by atoms with E-state index in [0.717, 1.165) is 27.0 Å². The minimum atomic E-state index is -0.716. The molecule has 166 valence electrons. The maximum Gasteiger partial charge on any atom is 0.254 e. The van der Waals surface area contributed by atoms with Gasteiger partial charge >= 0.3 is 0 Å². The van der Waals surface area contributed by atoms with E-state index < -0.39 is 6.10 Å². The maximum absolute atomic E-state index is 13.2. The molecular weight excluding hydrogens is 450 g/mol. The Balaban J connectivity index is 1.60. The monoisotopic (exact) mass is 471 g/mol. The molecule has 32 heavy (non-hydrogen) atoms. The Labute approximate surface area is 193 Å². The number of carbonyl (C=O) groups is 1. The minimum absolute atomic E-state index is 0.165. The zero-order valence-electron chi connectivity index (χ0n) is 17.8. The molecule has 1 atom stereocenters. The Hall–Kier alpha value is -3.01. The molecule has 0 radical (unpaired) electrons. The van der Waals surface area contributed by atoms with Crippen LogP contribution >= 0.6 is 22.9 Å². The quantitative estimate of drug-likeness (QED) is 0.412. The van der Waals surface area contributed by atoms with Gasteiger partial charge in [0, 0.05) is 41.7 Å². The summed E-state index contributed by atoms with van der Waals surface area (Å²) >= 11 is 7.39. The van der Waals surface area contributed by atoms with Gasteiger partial charge in [-0.2, -0.15) is 5.10 Å². The number of fused-ring (bicyclic) bond motifs is 1. The normalized spacial score (nSPS) is 12.2. The zero-order valence-corrected chi connectivity index (χ0v) is 19.4. The lowest BCUT2D eigenvalue weighted by Gasteiger charge is -2.19. The van der Waals surface area contributed by atoms with Crippen LogP contribution in [-0.2, 0) is 6.54 Å². The second-order valence-electron chi connectivity index (χ2n) is 7.28. The van der Waals surface area contributed by atoms with Crippen molar-refractivity contribution in [2.24, 2.45) is 0 Å². The van der Waals surface area contributed by atoms with E-state index in [1.807, 2.05) is 13.0 Å². The number of aromatic nitrogens is 4. The number of benzene rings is 1. The number of carbonyl (C=O) groups excluding carboxylic acids is 1. The first-order valence-corrected chi connectivity index (χ1v) is 11.3. The van der Waals surface area contributed by atoms with Gasteiger partial charge in [-0.1, -0.05) is 11.6 Å². The Morgan fingerprint density at radius 1 is 1.38 bits per heavy atom. The molecule has 0 fully saturated rings. The number of hydrogen-bond acceptors (Lipinski definition) is 7. The van der Waals surface area contributed by atoms with Gasteiger partial charge in [0.25, 0.3) is 5.91 Å². The fraction of sp³-hybridized carbons (Fsp3) is 0.273. The van der Waals surface area contributed by atoms with Gasteiger partial charge in [0.05, 0.1) is 35.7 Å². The van der Waals surface area contributed by atoms with Crippen LogP contribution in [0.5, 0.6) is 5.75 Å². The van der Waals surface area contributed by atoms with Gasteiger partial charge in [-0.05, 0) is 32.0 Å². The molecule has 0 saturated heterocycles. The molecule has 3 aromatic heterocycles. The molecule has 1 amide bonds. The third-order valence-corrected chi connectivity index (χ3v) is 6.18. The average Bonchev–Trinajstić information content (AvgIpc) is 3.43. The molecule has 0 aliphatic rings. The number of H-pyrrole nitrogens is 1. The third-order valence-electron chi connectivity index (χ3n) is 4.98. The summed E-state index contributed by atoms with van der Waals surface area (Å²) in [6.45, 7) is 4.32. The Morgan fingerprint density at radius 2 is 2.19 bits per heavy atom. The fourth-order valence-corrected chi connectivity index (χ4v) is 4.47. The van der Waals surface area contributed by atoms with E-state index >= 15 is 0 Å². The van der Waals surface area contributed by atoms with Crippen LogP contribution in [0.2, 0.25) is 5.15 Å². The van der Waals surface area contributed by atoms with Crippen molar-refractivity contribution in [1.29, 1.82) is 0 Å². The van der Waals surface area contributed by atoms with Gasteiger partial charge in [-0.25, -0.2) is 4.98 Å². The van der Waals surface area contributed by atoms with Crippen molar-refractivity contribution >= 4 is 39.7 Å². The first-order chi connectivity index (χ1) is 15.4. The van der Waals surface area contributed by atoms with Crippen LogP contribution in [0, 0.1) is 0 Å². The summed E-state index contributed by atoms with van der Waals surface area (Å²) in [6.07, 6.45) is 2.58. The highest BCUT2D eigenvalue weighted by molar-refractivity contribution is 7.13. The van der Waals surface area contributed by atoms with Gasteiger partial charge in [-0.3, -0.25) is 14.9 Å². The van der Waals surface area contributed by atoms with Gasteiger partial charge in [0.1, 0.15) is 15.9 Å². The number of nitrogens with one attached hydrogen (secondary N) is 1. The van der Waals surface area contributed by atoms with Crippen LogP contribution in [0.3, 0.4) is 0 Å². The summed E-state index contributed by atoms with van der Waals surface area (Å²) in [4.78, 5) is 23.4. The van der Waals surface area contributed by atoms with E-state index in [0.29, 0.717) is 35.3 Å². The number of halogens is 1. The second-order valence-corrected chi connectivity index (χ2v) is 8.53. The lowest BCUT2D eigenvalue weighted by molar-refractivity contribution is 0.0785. The predicted octanol–water partition coefficient (Wildman–Crippen LogP) is 4.46. The molecule has 10 heteroatoms. The van der Waals surface area contributed by atoms with E-state index in [-0.39, 0.29) is 5.91 Å². The van der Waals surface area contributed by atoms with Gasteiger partial charge < -0.3 is 14.7 Å². The van der Waals surface area contributed by atoms with Crippen LogP contribution in [-0.4, -0.2) is 49.7 Å². The molecule has 3 heterocycles. The van der Waals surface area contributed by atoms with Crippen molar-refractivity contribution in [3.05, 3.63) is 57.9 Å². The highest BCUT2D eigenvalue weighted by Crippen LogP contribution is 2.34. The van der Waals surface area contributed by atoms with Gasteiger partial charge in [-0.15, -0.1) is 11.3 Å². The van der Waals surface area contributed by atoms with Crippen LogP contribution in [0.4, 0.5) is 0 Å². The highest BCUT2D eigenvalue weighted by Gasteiger charge is 2.19. The molecule has 0 spiro atoms. The summed E-state index contributed by atoms with van der Waals surface area (Å²) in [5.41, 5.74) is 3.39. The Bertz CT molecular complexity index is 1270.